The molecule has 7 heteroatoms. The fraction of sp³-hybridized carbons (Fsp3) is 0.400. The minimum atomic E-state index is -4.51. The molecule has 4 nitrogen and oxygen atoms in total. The molecule has 0 spiro atoms. The van der Waals surface area contributed by atoms with Crippen molar-refractivity contribution >= 4 is 5.97 Å². The van der Waals surface area contributed by atoms with Crippen molar-refractivity contribution in [3.63, 3.8) is 0 Å². The van der Waals surface area contributed by atoms with E-state index in [4.69, 9.17) is 10.8 Å². The Labute approximate surface area is 95.3 Å². The number of aliphatic carboxylic acids is 1. The van der Waals surface area contributed by atoms with E-state index in [0.717, 1.165) is 18.3 Å². The second-order valence-corrected chi connectivity index (χ2v) is 3.63. The van der Waals surface area contributed by atoms with Crippen molar-refractivity contribution < 1.29 is 23.1 Å². The second-order valence-electron chi connectivity index (χ2n) is 3.63. The number of carboxylic acids is 1. The highest BCUT2D eigenvalue weighted by atomic mass is 19.4. The molecule has 94 valence electrons. The highest BCUT2D eigenvalue weighted by Gasteiger charge is 2.32. The lowest BCUT2D eigenvalue weighted by atomic mass is 9.97. The van der Waals surface area contributed by atoms with Crippen LogP contribution in [0.15, 0.2) is 18.3 Å². The lowest BCUT2D eigenvalue weighted by Crippen LogP contribution is -2.26. The van der Waals surface area contributed by atoms with Crippen molar-refractivity contribution in [2.75, 3.05) is 0 Å². The van der Waals surface area contributed by atoms with Gasteiger partial charge in [-0.2, -0.15) is 13.2 Å². The third-order valence-electron chi connectivity index (χ3n) is 2.39. The fourth-order valence-corrected chi connectivity index (χ4v) is 1.21. The van der Waals surface area contributed by atoms with Crippen LogP contribution in [0.3, 0.4) is 0 Å². The van der Waals surface area contributed by atoms with Crippen LogP contribution >= 0.6 is 0 Å². The zero-order valence-corrected chi connectivity index (χ0v) is 8.90. The number of carbonyl (C=O) groups is 1. The summed E-state index contributed by atoms with van der Waals surface area (Å²) in [4.78, 5) is 13.9. The lowest BCUT2D eigenvalue weighted by Gasteiger charge is -2.16. The molecule has 1 aromatic heterocycles. The molecule has 3 N–H and O–H groups in total. The van der Waals surface area contributed by atoms with E-state index >= 15 is 0 Å². The number of rotatable bonds is 3. The van der Waals surface area contributed by atoms with E-state index in [1.165, 1.54) is 6.92 Å². The molecule has 0 bridgehead atoms. The Morgan fingerprint density at radius 2 is 2.06 bits per heavy atom. The maximum Gasteiger partial charge on any atom is 0.433 e. The number of nitrogens with two attached hydrogens (primary N) is 1. The van der Waals surface area contributed by atoms with Crippen LogP contribution in [0.4, 0.5) is 13.2 Å². The fourth-order valence-electron chi connectivity index (χ4n) is 1.21. The third kappa shape index (κ3) is 3.16. The van der Waals surface area contributed by atoms with E-state index in [9.17, 15) is 18.0 Å². The summed E-state index contributed by atoms with van der Waals surface area (Å²) in [5.74, 6) is -2.01. The van der Waals surface area contributed by atoms with Gasteiger partial charge in [0.15, 0.2) is 0 Å². The van der Waals surface area contributed by atoms with Gasteiger partial charge in [-0.3, -0.25) is 9.78 Å². The van der Waals surface area contributed by atoms with Crippen LogP contribution in [0.2, 0.25) is 0 Å². The second kappa shape index (κ2) is 4.70. The average Bonchev–Trinajstić information content (AvgIpc) is 2.26. The Bertz CT molecular complexity index is 403. The molecule has 0 aromatic carbocycles. The third-order valence-corrected chi connectivity index (χ3v) is 2.39. The minimum absolute atomic E-state index is 0.257. The molecule has 0 saturated carbocycles. The lowest BCUT2D eigenvalue weighted by molar-refractivity contribution is -0.142. The Hall–Kier alpha value is -1.63. The Balaban J connectivity index is 2.92. The van der Waals surface area contributed by atoms with E-state index in [1.54, 1.807) is 0 Å². The molecule has 2 unspecified atom stereocenters. The highest BCUT2D eigenvalue weighted by Crippen LogP contribution is 2.28. The van der Waals surface area contributed by atoms with Gasteiger partial charge in [0.1, 0.15) is 5.69 Å². The molecule has 0 saturated heterocycles. The molecule has 0 aliphatic carbocycles. The monoisotopic (exact) mass is 248 g/mol. The summed E-state index contributed by atoms with van der Waals surface area (Å²) in [5, 5.41) is 8.72. The van der Waals surface area contributed by atoms with Crippen LogP contribution in [0.25, 0.3) is 0 Å². The SMILES string of the molecule is CC(C(=O)O)C(N)c1ccc(C(F)(F)F)nc1. The van der Waals surface area contributed by atoms with Crippen LogP contribution in [0.1, 0.15) is 24.2 Å². The first-order valence-corrected chi connectivity index (χ1v) is 4.75. The van der Waals surface area contributed by atoms with Crippen molar-refractivity contribution in [3.8, 4) is 0 Å². The Morgan fingerprint density at radius 1 is 1.47 bits per heavy atom. The molecule has 0 aliphatic heterocycles. The summed E-state index contributed by atoms with van der Waals surface area (Å²) in [5.41, 5.74) is 4.82. The van der Waals surface area contributed by atoms with Gasteiger partial charge in [-0.25, -0.2) is 0 Å². The molecule has 0 fully saturated rings. The number of alkyl halides is 3. The number of hydrogen-bond donors (Lipinski definition) is 2. The molecule has 0 aliphatic rings. The van der Waals surface area contributed by atoms with Gasteiger partial charge in [0, 0.05) is 12.2 Å². The smallest absolute Gasteiger partial charge is 0.433 e. The molecule has 0 radical (unpaired) electrons. The number of halogens is 3. The van der Waals surface area contributed by atoms with Gasteiger partial charge < -0.3 is 10.8 Å². The van der Waals surface area contributed by atoms with Crippen LogP contribution in [-0.4, -0.2) is 16.1 Å². The summed E-state index contributed by atoms with van der Waals surface area (Å²) in [6, 6.07) is 1.03. The topological polar surface area (TPSA) is 76.2 Å². The maximum absolute atomic E-state index is 12.2. The van der Waals surface area contributed by atoms with E-state index < -0.39 is 29.8 Å². The molecule has 1 rings (SSSR count). The van der Waals surface area contributed by atoms with Crippen LogP contribution in [-0.2, 0) is 11.0 Å². The van der Waals surface area contributed by atoms with Gasteiger partial charge in [0.25, 0.3) is 0 Å². The van der Waals surface area contributed by atoms with Crippen LogP contribution in [0, 0.1) is 5.92 Å². The summed E-state index contributed by atoms with van der Waals surface area (Å²) < 4.78 is 36.7. The molecular formula is C10H11F3N2O2. The largest absolute Gasteiger partial charge is 0.481 e. The number of pyridine rings is 1. The van der Waals surface area contributed by atoms with Gasteiger partial charge >= 0.3 is 12.1 Å². The van der Waals surface area contributed by atoms with Crippen LogP contribution < -0.4 is 5.73 Å². The minimum Gasteiger partial charge on any atom is -0.481 e. The van der Waals surface area contributed by atoms with Gasteiger partial charge in [-0.1, -0.05) is 13.0 Å². The van der Waals surface area contributed by atoms with E-state index in [0.29, 0.717) is 0 Å². The standard InChI is InChI=1S/C10H11F3N2O2/c1-5(9(16)17)8(14)6-2-3-7(15-4-6)10(11,12)13/h2-5,8H,14H2,1H3,(H,16,17). The van der Waals surface area contributed by atoms with Gasteiger partial charge in [-0.15, -0.1) is 0 Å². The first-order chi connectivity index (χ1) is 7.73. The van der Waals surface area contributed by atoms with Crippen molar-refractivity contribution in [1.29, 1.82) is 0 Å². The molecule has 1 aromatic rings. The Kier molecular flexibility index (Phi) is 3.72. The number of aromatic nitrogens is 1. The zero-order chi connectivity index (χ0) is 13.2. The molecular weight excluding hydrogens is 237 g/mol. The van der Waals surface area contributed by atoms with Gasteiger partial charge in [0.2, 0.25) is 0 Å². The van der Waals surface area contributed by atoms with Crippen LogP contribution in [0.5, 0.6) is 0 Å². The molecule has 17 heavy (non-hydrogen) atoms. The van der Waals surface area contributed by atoms with E-state index in [1.807, 2.05) is 0 Å². The van der Waals surface area contributed by atoms with Crippen molar-refractivity contribution in [2.24, 2.45) is 11.7 Å². The highest BCUT2D eigenvalue weighted by molar-refractivity contribution is 5.70. The summed E-state index contributed by atoms with van der Waals surface area (Å²) in [7, 11) is 0. The maximum atomic E-state index is 12.2. The van der Waals surface area contributed by atoms with Gasteiger partial charge in [-0.05, 0) is 11.6 Å². The predicted octanol–water partition coefficient (Wildman–Crippen LogP) is 1.82. The number of nitrogens with zero attached hydrogens (tertiary/aromatic N) is 1. The first kappa shape index (κ1) is 13.4. The summed E-state index contributed by atoms with van der Waals surface area (Å²) >= 11 is 0. The molecule has 0 amide bonds. The van der Waals surface area contributed by atoms with Crippen molar-refractivity contribution in [2.45, 2.75) is 19.1 Å². The van der Waals surface area contributed by atoms with Crippen molar-refractivity contribution in [1.82, 2.24) is 4.98 Å². The number of hydrogen-bond acceptors (Lipinski definition) is 3. The number of carboxylic acid groups (broad SMARTS) is 1. The van der Waals surface area contributed by atoms with E-state index in [-0.39, 0.29) is 5.56 Å². The summed E-state index contributed by atoms with van der Waals surface area (Å²) in [6.45, 7) is 1.38. The average molecular weight is 248 g/mol. The van der Waals surface area contributed by atoms with Gasteiger partial charge in [0.05, 0.1) is 5.92 Å². The van der Waals surface area contributed by atoms with Crippen molar-refractivity contribution in [3.05, 3.63) is 29.6 Å². The van der Waals surface area contributed by atoms with E-state index in [2.05, 4.69) is 4.98 Å². The zero-order valence-electron chi connectivity index (χ0n) is 8.90. The first-order valence-electron chi connectivity index (χ1n) is 4.75. The Morgan fingerprint density at radius 3 is 2.41 bits per heavy atom. The normalized spacial score (nSPS) is 15.4. The predicted molar refractivity (Wildman–Crippen MR) is 53.0 cm³/mol. The molecule has 1 heterocycles. The quantitative estimate of drug-likeness (QED) is 0.855. The summed E-state index contributed by atoms with van der Waals surface area (Å²) in [6.07, 6.45) is -3.56. The molecule has 2 atom stereocenters.